The number of nitrogens with two attached hydrogens (primary N) is 1. The molecule has 0 bridgehead atoms. The van der Waals surface area contributed by atoms with Crippen molar-refractivity contribution < 1.29 is 9.63 Å². The molecule has 0 atom stereocenters. The highest BCUT2D eigenvalue weighted by molar-refractivity contribution is 5.92. The standard InChI is InChI=1S/C12H18N2O.C7H7NO/c1-13-7-9-14(10-8-13)15-11-12-5-3-2-4-6-12;8-7(9)6-4-2-1-3-5-6/h2-6H,7-11H2,1H3;1-5H,(H2,8,9). The zero-order valence-electron chi connectivity index (χ0n) is 14.1. The van der Waals surface area contributed by atoms with Crippen LogP contribution in [0.25, 0.3) is 0 Å². The van der Waals surface area contributed by atoms with Crippen molar-refractivity contribution in [1.82, 2.24) is 9.96 Å². The molecule has 2 N–H and O–H groups in total. The highest BCUT2D eigenvalue weighted by atomic mass is 16.7. The molecule has 128 valence electrons. The molecule has 1 heterocycles. The second kappa shape index (κ2) is 9.82. The Morgan fingerprint density at radius 2 is 1.50 bits per heavy atom. The van der Waals surface area contributed by atoms with Gasteiger partial charge in [0.2, 0.25) is 5.91 Å². The maximum absolute atomic E-state index is 10.4. The molecule has 1 aliphatic rings. The van der Waals surface area contributed by atoms with Crippen molar-refractivity contribution in [2.45, 2.75) is 6.61 Å². The number of carbonyl (C=O) groups excluding carboxylic acids is 1. The van der Waals surface area contributed by atoms with Crippen LogP contribution in [0.3, 0.4) is 0 Å². The summed E-state index contributed by atoms with van der Waals surface area (Å²) in [5.41, 5.74) is 6.76. The molecule has 0 saturated carbocycles. The number of amides is 1. The van der Waals surface area contributed by atoms with Crippen LogP contribution in [0, 0.1) is 0 Å². The number of benzene rings is 2. The van der Waals surface area contributed by atoms with Crippen LogP contribution in [0.4, 0.5) is 0 Å². The maximum Gasteiger partial charge on any atom is 0.248 e. The van der Waals surface area contributed by atoms with Crippen molar-refractivity contribution in [2.24, 2.45) is 5.73 Å². The Morgan fingerprint density at radius 1 is 0.958 bits per heavy atom. The Morgan fingerprint density at radius 3 is 2.00 bits per heavy atom. The van der Waals surface area contributed by atoms with Crippen LogP contribution in [-0.4, -0.2) is 49.1 Å². The molecule has 0 radical (unpaired) electrons. The fourth-order valence-corrected chi connectivity index (χ4v) is 2.26. The molecule has 1 aliphatic heterocycles. The molecule has 5 nitrogen and oxygen atoms in total. The normalized spacial score (nSPS) is 15.4. The number of likely N-dealkylation sites (N-methyl/N-ethyl adjacent to an activating group) is 1. The zero-order chi connectivity index (χ0) is 17.2. The summed E-state index contributed by atoms with van der Waals surface area (Å²) >= 11 is 0. The molecule has 0 aromatic heterocycles. The fraction of sp³-hybridized carbons (Fsp3) is 0.316. The van der Waals surface area contributed by atoms with Crippen LogP contribution in [0.1, 0.15) is 15.9 Å². The third-order valence-electron chi connectivity index (χ3n) is 3.78. The monoisotopic (exact) mass is 327 g/mol. The van der Waals surface area contributed by atoms with Crippen LogP contribution >= 0.6 is 0 Å². The second-order valence-corrected chi connectivity index (χ2v) is 5.72. The molecule has 1 amide bonds. The summed E-state index contributed by atoms with van der Waals surface area (Å²) in [6, 6.07) is 19.1. The number of hydroxylamine groups is 2. The summed E-state index contributed by atoms with van der Waals surface area (Å²) < 4.78 is 0. The van der Waals surface area contributed by atoms with Gasteiger partial charge in [-0.15, -0.1) is 0 Å². The van der Waals surface area contributed by atoms with E-state index in [0.717, 1.165) is 26.2 Å². The van der Waals surface area contributed by atoms with Gasteiger partial charge < -0.3 is 10.6 Å². The quantitative estimate of drug-likeness (QED) is 0.935. The Kier molecular flexibility index (Phi) is 7.42. The molecule has 2 aromatic carbocycles. The lowest BCUT2D eigenvalue weighted by atomic mass is 10.2. The Bertz CT molecular complexity index is 597. The molecule has 0 unspecified atom stereocenters. The van der Waals surface area contributed by atoms with Gasteiger partial charge in [-0.3, -0.25) is 9.63 Å². The lowest BCUT2D eigenvalue weighted by Crippen LogP contribution is -2.44. The van der Waals surface area contributed by atoms with E-state index >= 15 is 0 Å². The topological polar surface area (TPSA) is 58.8 Å². The third kappa shape index (κ3) is 6.50. The summed E-state index contributed by atoms with van der Waals surface area (Å²) in [6.07, 6.45) is 0. The van der Waals surface area contributed by atoms with Gasteiger partial charge >= 0.3 is 0 Å². The number of piperazine rings is 1. The fourth-order valence-electron chi connectivity index (χ4n) is 2.26. The second-order valence-electron chi connectivity index (χ2n) is 5.72. The van der Waals surface area contributed by atoms with Gasteiger partial charge in [0.25, 0.3) is 0 Å². The maximum atomic E-state index is 10.4. The van der Waals surface area contributed by atoms with E-state index in [-0.39, 0.29) is 5.91 Å². The van der Waals surface area contributed by atoms with Crippen LogP contribution in [0.2, 0.25) is 0 Å². The molecular formula is C19H25N3O2. The summed E-state index contributed by atoms with van der Waals surface area (Å²) in [7, 11) is 2.15. The van der Waals surface area contributed by atoms with E-state index in [0.29, 0.717) is 12.2 Å². The van der Waals surface area contributed by atoms with Crippen molar-refractivity contribution in [3.8, 4) is 0 Å². The molecule has 24 heavy (non-hydrogen) atoms. The van der Waals surface area contributed by atoms with E-state index in [2.05, 4.69) is 29.1 Å². The third-order valence-corrected chi connectivity index (χ3v) is 3.78. The van der Waals surface area contributed by atoms with Gasteiger partial charge in [0, 0.05) is 31.7 Å². The smallest absolute Gasteiger partial charge is 0.248 e. The number of hydrogen-bond acceptors (Lipinski definition) is 4. The van der Waals surface area contributed by atoms with Crippen molar-refractivity contribution in [3.05, 3.63) is 71.8 Å². The molecule has 0 spiro atoms. The number of nitrogens with zero attached hydrogens (tertiary/aromatic N) is 2. The predicted octanol–water partition coefficient (Wildman–Crippen LogP) is 2.15. The van der Waals surface area contributed by atoms with Crippen molar-refractivity contribution in [3.63, 3.8) is 0 Å². The average molecular weight is 327 g/mol. The largest absolute Gasteiger partial charge is 0.366 e. The summed E-state index contributed by atoms with van der Waals surface area (Å²) in [5.74, 6) is -0.379. The molecule has 5 heteroatoms. The van der Waals surface area contributed by atoms with E-state index < -0.39 is 0 Å². The Labute approximate surface area is 143 Å². The lowest BCUT2D eigenvalue weighted by molar-refractivity contribution is -0.184. The van der Waals surface area contributed by atoms with Crippen molar-refractivity contribution in [1.29, 1.82) is 0 Å². The first-order valence-corrected chi connectivity index (χ1v) is 8.10. The van der Waals surface area contributed by atoms with E-state index in [4.69, 9.17) is 10.6 Å². The minimum absolute atomic E-state index is 0.379. The predicted molar refractivity (Wildman–Crippen MR) is 95.3 cm³/mol. The minimum Gasteiger partial charge on any atom is -0.366 e. The van der Waals surface area contributed by atoms with E-state index in [1.807, 2.05) is 24.3 Å². The number of primary amides is 1. The van der Waals surface area contributed by atoms with Gasteiger partial charge in [0.05, 0.1) is 6.61 Å². The molecular weight excluding hydrogens is 302 g/mol. The molecule has 1 fully saturated rings. The van der Waals surface area contributed by atoms with Gasteiger partial charge in [-0.25, -0.2) is 0 Å². The van der Waals surface area contributed by atoms with Crippen LogP contribution < -0.4 is 5.73 Å². The molecule has 2 aromatic rings. The van der Waals surface area contributed by atoms with E-state index in [1.165, 1.54) is 5.56 Å². The minimum atomic E-state index is -0.379. The van der Waals surface area contributed by atoms with Gasteiger partial charge in [-0.05, 0) is 24.7 Å². The zero-order valence-corrected chi connectivity index (χ0v) is 14.1. The van der Waals surface area contributed by atoms with Gasteiger partial charge in [0.1, 0.15) is 0 Å². The number of hydrogen-bond donors (Lipinski definition) is 1. The summed E-state index contributed by atoms with van der Waals surface area (Å²) in [6.45, 7) is 4.88. The van der Waals surface area contributed by atoms with Crippen molar-refractivity contribution >= 4 is 5.91 Å². The van der Waals surface area contributed by atoms with Gasteiger partial charge in [0.15, 0.2) is 0 Å². The van der Waals surface area contributed by atoms with Gasteiger partial charge in [-0.2, -0.15) is 5.06 Å². The average Bonchev–Trinajstić information content (AvgIpc) is 2.63. The SMILES string of the molecule is CN1CCN(OCc2ccccc2)CC1.NC(=O)c1ccccc1. The van der Waals surface area contributed by atoms with Gasteiger partial charge in [-0.1, -0.05) is 48.5 Å². The van der Waals surface area contributed by atoms with Crippen LogP contribution in [-0.2, 0) is 11.4 Å². The summed E-state index contributed by atoms with van der Waals surface area (Å²) in [5, 5.41) is 2.06. The molecule has 1 saturated heterocycles. The molecule has 3 rings (SSSR count). The van der Waals surface area contributed by atoms with E-state index in [9.17, 15) is 4.79 Å². The highest BCUT2D eigenvalue weighted by Crippen LogP contribution is 2.05. The van der Waals surface area contributed by atoms with Crippen LogP contribution in [0.5, 0.6) is 0 Å². The highest BCUT2D eigenvalue weighted by Gasteiger charge is 2.13. The van der Waals surface area contributed by atoms with E-state index in [1.54, 1.807) is 24.3 Å². The lowest BCUT2D eigenvalue weighted by Gasteiger charge is -2.31. The summed E-state index contributed by atoms with van der Waals surface area (Å²) in [4.78, 5) is 18.5. The first kappa shape index (κ1) is 18.1. The van der Waals surface area contributed by atoms with Crippen molar-refractivity contribution in [2.75, 3.05) is 33.2 Å². The first-order valence-electron chi connectivity index (χ1n) is 8.10. The Hall–Kier alpha value is -2.21. The molecule has 0 aliphatic carbocycles. The number of rotatable bonds is 4. The first-order chi connectivity index (χ1) is 11.6. The Balaban J connectivity index is 0.000000198. The number of carbonyl (C=O) groups is 1. The van der Waals surface area contributed by atoms with Crippen LogP contribution in [0.15, 0.2) is 60.7 Å².